The van der Waals surface area contributed by atoms with Crippen LogP contribution < -0.4 is 0 Å². The molecule has 0 radical (unpaired) electrons. The molecule has 1 saturated heterocycles. The van der Waals surface area contributed by atoms with E-state index in [-0.39, 0.29) is 11.9 Å². The van der Waals surface area contributed by atoms with Gasteiger partial charge in [0.15, 0.2) is 5.78 Å². The van der Waals surface area contributed by atoms with Gasteiger partial charge in [0, 0.05) is 18.7 Å². The fourth-order valence-corrected chi connectivity index (χ4v) is 2.75. The molecule has 1 aliphatic heterocycles. The van der Waals surface area contributed by atoms with E-state index in [1.807, 2.05) is 19.1 Å². The van der Waals surface area contributed by atoms with Gasteiger partial charge in [-0.2, -0.15) is 0 Å². The molecule has 0 saturated carbocycles. The Morgan fingerprint density at radius 1 is 1.47 bits per heavy atom. The Bertz CT molecular complexity index is 434. The Kier molecular flexibility index (Phi) is 5.37. The van der Waals surface area contributed by atoms with Gasteiger partial charge in [-0.15, -0.1) is 0 Å². The summed E-state index contributed by atoms with van der Waals surface area (Å²) in [6.07, 6.45) is 2.43. The van der Waals surface area contributed by atoms with Crippen molar-refractivity contribution >= 4 is 17.4 Å². The number of hydrogen-bond acceptors (Lipinski definition) is 3. The summed E-state index contributed by atoms with van der Waals surface area (Å²) in [6.45, 7) is 4.96. The maximum absolute atomic E-state index is 12.2. The van der Waals surface area contributed by atoms with Gasteiger partial charge in [0.25, 0.3) is 0 Å². The van der Waals surface area contributed by atoms with Gasteiger partial charge in [0.2, 0.25) is 0 Å². The quantitative estimate of drug-likeness (QED) is 0.777. The maximum Gasteiger partial charge on any atom is 0.178 e. The molecule has 0 bridgehead atoms. The van der Waals surface area contributed by atoms with Crippen LogP contribution in [0.4, 0.5) is 0 Å². The van der Waals surface area contributed by atoms with Crippen molar-refractivity contribution < 1.29 is 9.53 Å². The molecule has 1 unspecified atom stereocenters. The van der Waals surface area contributed by atoms with Crippen LogP contribution in [0.5, 0.6) is 0 Å². The van der Waals surface area contributed by atoms with Gasteiger partial charge in [-0.05, 0) is 38.4 Å². The fourth-order valence-electron chi connectivity index (χ4n) is 2.50. The molecule has 1 aliphatic rings. The van der Waals surface area contributed by atoms with Crippen molar-refractivity contribution in [3.8, 4) is 0 Å². The smallest absolute Gasteiger partial charge is 0.178 e. The Morgan fingerprint density at radius 3 is 3.00 bits per heavy atom. The molecule has 2 rings (SSSR count). The number of piperidine rings is 1. The normalized spacial score (nSPS) is 20.4. The Labute approximate surface area is 119 Å². The minimum absolute atomic E-state index is 0.0859. The number of benzene rings is 1. The molecule has 4 heteroatoms. The molecular weight excluding hydrogens is 262 g/mol. The topological polar surface area (TPSA) is 29.5 Å². The molecule has 0 amide bonds. The van der Waals surface area contributed by atoms with Crippen molar-refractivity contribution in [3.63, 3.8) is 0 Å². The Morgan fingerprint density at radius 2 is 2.26 bits per heavy atom. The molecule has 0 aromatic heterocycles. The summed E-state index contributed by atoms with van der Waals surface area (Å²) in [5.74, 6) is 0.0859. The third kappa shape index (κ3) is 4.03. The number of ketones is 1. The van der Waals surface area contributed by atoms with Crippen molar-refractivity contribution in [1.82, 2.24) is 4.90 Å². The summed E-state index contributed by atoms with van der Waals surface area (Å²) in [4.78, 5) is 14.4. The highest BCUT2D eigenvalue weighted by molar-refractivity contribution is 6.34. The van der Waals surface area contributed by atoms with Crippen LogP contribution in [0.3, 0.4) is 0 Å². The van der Waals surface area contributed by atoms with Crippen molar-refractivity contribution in [2.75, 3.05) is 26.2 Å². The van der Waals surface area contributed by atoms with Crippen molar-refractivity contribution in [2.45, 2.75) is 25.9 Å². The largest absolute Gasteiger partial charge is 0.377 e. The first-order valence-corrected chi connectivity index (χ1v) is 7.20. The third-order valence-corrected chi connectivity index (χ3v) is 3.74. The lowest BCUT2D eigenvalue weighted by Crippen LogP contribution is -2.42. The SMILES string of the molecule is CCOC1CCCN(CC(=O)c2ccccc2Cl)C1. The van der Waals surface area contributed by atoms with Crippen molar-refractivity contribution in [3.05, 3.63) is 34.9 Å². The van der Waals surface area contributed by atoms with Crippen LogP contribution in [0.2, 0.25) is 5.02 Å². The lowest BCUT2D eigenvalue weighted by Gasteiger charge is -2.31. The number of carbonyl (C=O) groups is 1. The average molecular weight is 282 g/mol. The van der Waals surface area contributed by atoms with Gasteiger partial charge in [0.1, 0.15) is 0 Å². The molecule has 1 heterocycles. The van der Waals surface area contributed by atoms with Crippen LogP contribution in [0, 0.1) is 0 Å². The summed E-state index contributed by atoms with van der Waals surface area (Å²) in [5.41, 5.74) is 0.614. The van der Waals surface area contributed by atoms with Crippen molar-refractivity contribution in [1.29, 1.82) is 0 Å². The average Bonchev–Trinajstić information content (AvgIpc) is 2.40. The minimum atomic E-state index is 0.0859. The fraction of sp³-hybridized carbons (Fsp3) is 0.533. The molecular formula is C15H20ClNO2. The number of hydrogen-bond donors (Lipinski definition) is 0. The number of ether oxygens (including phenoxy) is 1. The number of rotatable bonds is 5. The highest BCUT2D eigenvalue weighted by Crippen LogP contribution is 2.18. The number of likely N-dealkylation sites (tertiary alicyclic amines) is 1. The number of Topliss-reactive ketones (excluding diaryl/α,β-unsaturated/α-hetero) is 1. The van der Waals surface area contributed by atoms with Gasteiger partial charge in [-0.25, -0.2) is 0 Å². The number of halogens is 1. The maximum atomic E-state index is 12.2. The molecule has 0 N–H and O–H groups in total. The molecule has 104 valence electrons. The summed E-state index contributed by atoms with van der Waals surface area (Å²) in [7, 11) is 0. The summed E-state index contributed by atoms with van der Waals surface area (Å²) < 4.78 is 5.65. The van der Waals surface area contributed by atoms with Gasteiger partial charge in [0.05, 0.1) is 17.7 Å². The predicted molar refractivity (Wildman–Crippen MR) is 76.9 cm³/mol. The van der Waals surface area contributed by atoms with Gasteiger partial charge < -0.3 is 4.74 Å². The van der Waals surface area contributed by atoms with Crippen LogP contribution in [0.1, 0.15) is 30.1 Å². The monoisotopic (exact) mass is 281 g/mol. The second kappa shape index (κ2) is 7.04. The Hall–Kier alpha value is -0.900. The van der Waals surface area contributed by atoms with Crippen LogP contribution in [-0.4, -0.2) is 43.0 Å². The molecule has 19 heavy (non-hydrogen) atoms. The van der Waals surface area contributed by atoms with Crippen LogP contribution in [0.25, 0.3) is 0 Å². The predicted octanol–water partition coefficient (Wildman–Crippen LogP) is 3.02. The first-order valence-electron chi connectivity index (χ1n) is 6.82. The van der Waals surface area contributed by atoms with E-state index in [1.54, 1.807) is 12.1 Å². The second-order valence-electron chi connectivity index (χ2n) is 4.86. The van der Waals surface area contributed by atoms with E-state index in [9.17, 15) is 4.79 Å². The van der Waals surface area contributed by atoms with E-state index in [4.69, 9.17) is 16.3 Å². The molecule has 0 aliphatic carbocycles. The van der Waals surface area contributed by atoms with E-state index >= 15 is 0 Å². The summed E-state index contributed by atoms with van der Waals surface area (Å²) >= 11 is 6.05. The van der Waals surface area contributed by atoms with Crippen LogP contribution in [0.15, 0.2) is 24.3 Å². The zero-order valence-corrected chi connectivity index (χ0v) is 12.0. The van der Waals surface area contributed by atoms with Crippen molar-refractivity contribution in [2.24, 2.45) is 0 Å². The highest BCUT2D eigenvalue weighted by Gasteiger charge is 2.22. The van der Waals surface area contributed by atoms with Gasteiger partial charge in [-0.1, -0.05) is 23.7 Å². The van der Waals surface area contributed by atoms with E-state index < -0.39 is 0 Å². The minimum Gasteiger partial charge on any atom is -0.377 e. The molecule has 3 nitrogen and oxygen atoms in total. The first-order chi connectivity index (χ1) is 9.20. The van der Waals surface area contributed by atoms with Crippen LogP contribution in [-0.2, 0) is 4.74 Å². The lowest BCUT2D eigenvalue weighted by molar-refractivity contribution is 0.00719. The molecule has 1 fully saturated rings. The molecule has 1 aromatic carbocycles. The van der Waals surface area contributed by atoms with E-state index in [1.165, 1.54) is 0 Å². The van der Waals surface area contributed by atoms with Gasteiger partial charge in [-0.3, -0.25) is 9.69 Å². The van der Waals surface area contributed by atoms with E-state index in [0.717, 1.165) is 32.5 Å². The summed E-state index contributed by atoms with van der Waals surface area (Å²) in [5, 5.41) is 0.533. The van der Waals surface area contributed by atoms with E-state index in [0.29, 0.717) is 17.1 Å². The molecule has 1 atom stereocenters. The second-order valence-corrected chi connectivity index (χ2v) is 5.26. The first kappa shape index (κ1) is 14.5. The summed E-state index contributed by atoms with van der Waals surface area (Å²) in [6, 6.07) is 7.23. The van der Waals surface area contributed by atoms with Crippen LogP contribution >= 0.6 is 11.6 Å². The highest BCUT2D eigenvalue weighted by atomic mass is 35.5. The molecule has 0 spiro atoms. The van der Waals surface area contributed by atoms with Gasteiger partial charge >= 0.3 is 0 Å². The molecule has 1 aromatic rings. The lowest BCUT2D eigenvalue weighted by atomic mass is 10.1. The third-order valence-electron chi connectivity index (χ3n) is 3.41. The zero-order chi connectivity index (χ0) is 13.7. The Balaban J connectivity index is 1.93. The standard InChI is InChI=1S/C15H20ClNO2/c1-2-19-12-6-5-9-17(10-12)11-15(18)13-7-3-4-8-14(13)16/h3-4,7-8,12H,2,5-6,9-11H2,1H3. The number of carbonyl (C=O) groups excluding carboxylic acids is 1. The van der Waals surface area contributed by atoms with E-state index in [2.05, 4.69) is 4.90 Å². The number of nitrogens with zero attached hydrogens (tertiary/aromatic N) is 1. The zero-order valence-electron chi connectivity index (χ0n) is 11.3.